The van der Waals surface area contributed by atoms with Gasteiger partial charge in [0.15, 0.2) is 5.82 Å². The van der Waals surface area contributed by atoms with Gasteiger partial charge in [0.1, 0.15) is 0 Å². The molecule has 0 amide bonds. The lowest BCUT2D eigenvalue weighted by molar-refractivity contribution is 0.195. The second-order valence-electron chi connectivity index (χ2n) is 6.27. The van der Waals surface area contributed by atoms with Crippen LogP contribution in [0, 0.1) is 5.92 Å². The summed E-state index contributed by atoms with van der Waals surface area (Å²) in [5.74, 6) is 3.04. The van der Waals surface area contributed by atoms with Crippen molar-refractivity contribution < 1.29 is 4.52 Å². The zero-order valence-corrected chi connectivity index (χ0v) is 12.5. The highest BCUT2D eigenvalue weighted by Crippen LogP contribution is 2.38. The molecule has 20 heavy (non-hydrogen) atoms. The molecule has 112 valence electrons. The van der Waals surface area contributed by atoms with Gasteiger partial charge in [0.25, 0.3) is 0 Å². The summed E-state index contributed by atoms with van der Waals surface area (Å²) in [7, 11) is 0. The van der Waals surface area contributed by atoms with Crippen molar-refractivity contribution in [2.24, 2.45) is 5.92 Å². The molecule has 0 radical (unpaired) electrons. The minimum atomic E-state index is 0.554. The molecule has 0 aromatic carbocycles. The Morgan fingerprint density at radius 2 is 2.25 bits per heavy atom. The summed E-state index contributed by atoms with van der Waals surface area (Å²) in [6.45, 7) is 7.66. The van der Waals surface area contributed by atoms with Gasteiger partial charge in [-0.3, -0.25) is 4.90 Å². The third-order valence-corrected chi connectivity index (χ3v) is 4.23. The Morgan fingerprint density at radius 3 is 2.95 bits per heavy atom. The van der Waals surface area contributed by atoms with E-state index in [9.17, 15) is 0 Å². The first-order valence-electron chi connectivity index (χ1n) is 8.10. The van der Waals surface area contributed by atoms with Crippen LogP contribution < -0.4 is 5.32 Å². The maximum absolute atomic E-state index is 5.36. The van der Waals surface area contributed by atoms with Gasteiger partial charge in [-0.1, -0.05) is 12.1 Å². The summed E-state index contributed by atoms with van der Waals surface area (Å²) in [6.07, 6.45) is 6.25. The van der Waals surface area contributed by atoms with Crippen LogP contribution in [0.1, 0.15) is 56.7 Å². The van der Waals surface area contributed by atoms with Crippen LogP contribution in [0.2, 0.25) is 0 Å². The molecule has 3 rings (SSSR count). The largest absolute Gasteiger partial charge is 0.339 e. The smallest absolute Gasteiger partial charge is 0.229 e. The molecule has 5 heteroatoms. The predicted molar refractivity (Wildman–Crippen MR) is 77.4 cm³/mol. The van der Waals surface area contributed by atoms with Gasteiger partial charge in [-0.05, 0) is 57.7 Å². The van der Waals surface area contributed by atoms with E-state index in [-0.39, 0.29) is 0 Å². The van der Waals surface area contributed by atoms with Gasteiger partial charge >= 0.3 is 0 Å². The number of hydrogen-bond donors (Lipinski definition) is 1. The Kier molecular flexibility index (Phi) is 4.68. The third-order valence-electron chi connectivity index (χ3n) is 4.23. The fourth-order valence-corrected chi connectivity index (χ4v) is 3.02. The molecule has 2 aliphatic rings. The summed E-state index contributed by atoms with van der Waals surface area (Å²) < 4.78 is 5.36. The highest BCUT2D eigenvalue weighted by Gasteiger charge is 2.29. The van der Waals surface area contributed by atoms with Crippen LogP contribution in [0.15, 0.2) is 4.52 Å². The highest BCUT2D eigenvalue weighted by molar-refractivity contribution is 5.01. The molecule has 2 fully saturated rings. The van der Waals surface area contributed by atoms with Crippen LogP contribution in [0.3, 0.4) is 0 Å². The molecule has 0 spiro atoms. The minimum absolute atomic E-state index is 0.554. The van der Waals surface area contributed by atoms with Crippen LogP contribution >= 0.6 is 0 Å². The summed E-state index contributed by atoms with van der Waals surface area (Å²) in [6, 6.07) is 0. The van der Waals surface area contributed by atoms with Crippen molar-refractivity contribution in [3.05, 3.63) is 11.7 Å². The summed E-state index contributed by atoms with van der Waals surface area (Å²) >= 11 is 0. The first-order valence-corrected chi connectivity index (χ1v) is 8.10. The molecule has 1 saturated heterocycles. The van der Waals surface area contributed by atoms with E-state index < -0.39 is 0 Å². The SMILES string of the molecule is CCCN(Cc1noc(C2CC2)n1)CC1CCCNC1. The molecule has 5 nitrogen and oxygen atoms in total. The average molecular weight is 278 g/mol. The number of hydrogen-bond acceptors (Lipinski definition) is 5. The van der Waals surface area contributed by atoms with Gasteiger partial charge in [0.2, 0.25) is 5.89 Å². The van der Waals surface area contributed by atoms with Crippen LogP contribution in [0.5, 0.6) is 0 Å². The van der Waals surface area contributed by atoms with Gasteiger partial charge in [-0.15, -0.1) is 0 Å². The third kappa shape index (κ3) is 3.79. The van der Waals surface area contributed by atoms with E-state index in [0.717, 1.165) is 43.8 Å². The fraction of sp³-hybridized carbons (Fsp3) is 0.867. The second kappa shape index (κ2) is 6.68. The van der Waals surface area contributed by atoms with Crippen molar-refractivity contribution in [2.45, 2.75) is 51.5 Å². The van der Waals surface area contributed by atoms with Crippen LogP contribution in [0.4, 0.5) is 0 Å². The predicted octanol–water partition coefficient (Wildman–Crippen LogP) is 2.16. The topological polar surface area (TPSA) is 54.2 Å². The number of nitrogens with zero attached hydrogens (tertiary/aromatic N) is 3. The van der Waals surface area contributed by atoms with E-state index in [1.165, 1.54) is 38.6 Å². The molecule has 1 N–H and O–H groups in total. The van der Waals surface area contributed by atoms with E-state index in [0.29, 0.717) is 5.92 Å². The standard InChI is InChI=1S/C15H26N4O/c1-2-8-19(10-12-4-3-7-16-9-12)11-14-17-15(20-18-14)13-5-6-13/h12-13,16H,2-11H2,1H3. The quantitative estimate of drug-likeness (QED) is 0.828. The molecular weight excluding hydrogens is 252 g/mol. The van der Waals surface area contributed by atoms with Crippen molar-refractivity contribution in [1.29, 1.82) is 0 Å². The maximum atomic E-state index is 5.36. The average Bonchev–Trinajstić information content (AvgIpc) is 3.21. The van der Waals surface area contributed by atoms with Gasteiger partial charge in [0, 0.05) is 12.5 Å². The summed E-state index contributed by atoms with van der Waals surface area (Å²) in [5, 5.41) is 7.65. The molecule has 1 aromatic rings. The second-order valence-corrected chi connectivity index (χ2v) is 6.27. The van der Waals surface area contributed by atoms with Gasteiger partial charge in [0.05, 0.1) is 6.54 Å². The normalized spacial score (nSPS) is 23.4. The van der Waals surface area contributed by atoms with Crippen molar-refractivity contribution in [2.75, 3.05) is 26.2 Å². The van der Waals surface area contributed by atoms with Crippen LogP contribution in [-0.2, 0) is 6.54 Å². The van der Waals surface area contributed by atoms with E-state index in [2.05, 4.69) is 27.3 Å². The molecular formula is C15H26N4O. The van der Waals surface area contributed by atoms with Crippen molar-refractivity contribution in [3.63, 3.8) is 0 Å². The zero-order valence-electron chi connectivity index (χ0n) is 12.5. The lowest BCUT2D eigenvalue weighted by atomic mass is 9.99. The van der Waals surface area contributed by atoms with E-state index in [1.54, 1.807) is 0 Å². The molecule has 1 aliphatic heterocycles. The molecule has 1 unspecified atom stereocenters. The Balaban J connectivity index is 1.54. The fourth-order valence-electron chi connectivity index (χ4n) is 3.02. The van der Waals surface area contributed by atoms with E-state index in [4.69, 9.17) is 4.52 Å². The Hall–Kier alpha value is -0.940. The van der Waals surface area contributed by atoms with Gasteiger partial charge in [-0.25, -0.2) is 0 Å². The lowest BCUT2D eigenvalue weighted by Gasteiger charge is -2.29. The molecule has 1 saturated carbocycles. The first kappa shape index (κ1) is 14.0. The number of aromatic nitrogens is 2. The number of nitrogens with one attached hydrogen (secondary N) is 1. The first-order chi connectivity index (χ1) is 9.85. The Morgan fingerprint density at radius 1 is 1.35 bits per heavy atom. The minimum Gasteiger partial charge on any atom is -0.339 e. The molecule has 1 atom stereocenters. The van der Waals surface area contributed by atoms with Crippen molar-refractivity contribution >= 4 is 0 Å². The van der Waals surface area contributed by atoms with Crippen LogP contribution in [0.25, 0.3) is 0 Å². The van der Waals surface area contributed by atoms with E-state index >= 15 is 0 Å². The number of piperidine rings is 1. The Bertz CT molecular complexity index is 410. The van der Waals surface area contributed by atoms with Crippen LogP contribution in [-0.4, -0.2) is 41.2 Å². The summed E-state index contributed by atoms with van der Waals surface area (Å²) in [4.78, 5) is 7.04. The van der Waals surface area contributed by atoms with Gasteiger partial charge in [-0.2, -0.15) is 4.98 Å². The molecule has 1 aromatic heterocycles. The van der Waals surface area contributed by atoms with Gasteiger partial charge < -0.3 is 9.84 Å². The molecule has 1 aliphatic carbocycles. The maximum Gasteiger partial charge on any atom is 0.229 e. The van der Waals surface area contributed by atoms with E-state index in [1.807, 2.05) is 0 Å². The Labute approximate surface area is 121 Å². The lowest BCUT2D eigenvalue weighted by Crippen LogP contribution is -2.38. The zero-order chi connectivity index (χ0) is 13.8. The summed E-state index contributed by atoms with van der Waals surface area (Å²) in [5.41, 5.74) is 0. The monoisotopic (exact) mass is 278 g/mol. The molecule has 0 bridgehead atoms. The van der Waals surface area contributed by atoms with Crippen molar-refractivity contribution in [3.8, 4) is 0 Å². The highest BCUT2D eigenvalue weighted by atomic mass is 16.5. The molecule has 2 heterocycles. The number of rotatable bonds is 7. The van der Waals surface area contributed by atoms with Crippen molar-refractivity contribution in [1.82, 2.24) is 20.4 Å².